The van der Waals surface area contributed by atoms with E-state index in [1.54, 1.807) is 15.9 Å². The number of hydrogen-bond acceptors (Lipinski definition) is 5. The normalized spacial score (nSPS) is 15.8. The van der Waals surface area contributed by atoms with Crippen molar-refractivity contribution >= 4 is 39.2 Å². The monoisotopic (exact) mass is 379 g/mol. The predicted molar refractivity (Wildman–Crippen MR) is 105 cm³/mol. The van der Waals surface area contributed by atoms with Gasteiger partial charge in [-0.15, -0.1) is 11.3 Å². The van der Waals surface area contributed by atoms with Gasteiger partial charge in [0.05, 0.1) is 10.6 Å². The Hall–Kier alpha value is -1.34. The molecule has 1 aliphatic carbocycles. The van der Waals surface area contributed by atoms with E-state index in [2.05, 4.69) is 19.2 Å². The molecule has 1 fully saturated rings. The van der Waals surface area contributed by atoms with Crippen molar-refractivity contribution in [2.45, 2.75) is 70.5 Å². The van der Waals surface area contributed by atoms with Crippen molar-refractivity contribution in [2.24, 2.45) is 5.92 Å². The molecule has 0 bridgehead atoms. The van der Waals surface area contributed by atoms with E-state index in [-0.39, 0.29) is 16.7 Å². The van der Waals surface area contributed by atoms with Crippen LogP contribution >= 0.6 is 23.1 Å². The van der Waals surface area contributed by atoms with E-state index in [4.69, 9.17) is 4.98 Å². The van der Waals surface area contributed by atoms with Crippen molar-refractivity contribution in [3.05, 3.63) is 20.8 Å². The van der Waals surface area contributed by atoms with E-state index >= 15 is 0 Å². The van der Waals surface area contributed by atoms with Gasteiger partial charge in [-0.25, -0.2) is 4.98 Å². The Morgan fingerprint density at radius 1 is 1.36 bits per heavy atom. The number of hydrogen-bond donors (Lipinski definition) is 1. The average Bonchev–Trinajstić information content (AvgIpc) is 3.29. The van der Waals surface area contributed by atoms with Gasteiger partial charge >= 0.3 is 0 Å². The van der Waals surface area contributed by atoms with E-state index in [0.717, 1.165) is 33.5 Å². The molecule has 3 rings (SSSR count). The first-order valence-corrected chi connectivity index (χ1v) is 10.4. The molecule has 2 aromatic heterocycles. The first-order valence-electron chi connectivity index (χ1n) is 8.75. The predicted octanol–water partition coefficient (Wildman–Crippen LogP) is 3.49. The number of aryl methyl sites for hydroxylation is 2. The topological polar surface area (TPSA) is 64.0 Å². The number of amides is 1. The summed E-state index contributed by atoms with van der Waals surface area (Å²) in [7, 11) is 0. The van der Waals surface area contributed by atoms with Gasteiger partial charge in [0, 0.05) is 17.5 Å². The van der Waals surface area contributed by atoms with Gasteiger partial charge in [-0.2, -0.15) is 0 Å². The molecule has 25 heavy (non-hydrogen) atoms. The number of thioether (sulfide) groups is 1. The quantitative estimate of drug-likeness (QED) is 0.616. The first-order chi connectivity index (χ1) is 11.8. The SMILES string of the molecule is Cc1sc2nc(S[C@H](C)C(=O)NC3CC3)n(CC(C)C)c(=O)c2c1C. The minimum absolute atomic E-state index is 0.0119. The van der Waals surface area contributed by atoms with Crippen molar-refractivity contribution in [1.82, 2.24) is 14.9 Å². The molecule has 2 heterocycles. The molecular weight excluding hydrogens is 354 g/mol. The van der Waals surface area contributed by atoms with Crippen LogP contribution in [0.4, 0.5) is 0 Å². The van der Waals surface area contributed by atoms with Crippen LogP contribution in [0.5, 0.6) is 0 Å². The fourth-order valence-electron chi connectivity index (χ4n) is 2.68. The third kappa shape index (κ3) is 3.92. The van der Waals surface area contributed by atoms with Gasteiger partial charge < -0.3 is 5.32 Å². The van der Waals surface area contributed by atoms with Crippen LogP contribution < -0.4 is 10.9 Å². The van der Waals surface area contributed by atoms with E-state index in [1.165, 1.54) is 11.8 Å². The molecule has 136 valence electrons. The standard InChI is InChI=1S/C18H25N3O2S2/c1-9(2)8-21-17(23)14-10(3)11(4)24-16(14)20-18(21)25-12(5)15(22)19-13-6-7-13/h9,12-13H,6-8H2,1-5H3,(H,19,22)/t12-/m1/s1. The zero-order valence-electron chi connectivity index (χ0n) is 15.4. The number of rotatable bonds is 6. The fraction of sp³-hybridized carbons (Fsp3) is 0.611. The molecule has 1 atom stereocenters. The second-order valence-electron chi connectivity index (χ2n) is 7.21. The zero-order valence-corrected chi connectivity index (χ0v) is 17.0. The third-order valence-electron chi connectivity index (χ3n) is 4.38. The summed E-state index contributed by atoms with van der Waals surface area (Å²) in [4.78, 5) is 32.0. The van der Waals surface area contributed by atoms with Gasteiger partial charge in [0.1, 0.15) is 4.83 Å². The Kier molecular flexibility index (Phi) is 5.25. The van der Waals surface area contributed by atoms with Gasteiger partial charge in [0.25, 0.3) is 5.56 Å². The van der Waals surface area contributed by atoms with Crippen molar-refractivity contribution in [2.75, 3.05) is 0 Å². The second-order valence-corrected chi connectivity index (χ2v) is 9.72. The highest BCUT2D eigenvalue weighted by Gasteiger charge is 2.27. The van der Waals surface area contributed by atoms with E-state index < -0.39 is 0 Å². The van der Waals surface area contributed by atoms with Crippen LogP contribution in [0.1, 0.15) is 44.1 Å². The Morgan fingerprint density at radius 3 is 2.64 bits per heavy atom. The number of carbonyl (C=O) groups excluding carboxylic acids is 1. The lowest BCUT2D eigenvalue weighted by Crippen LogP contribution is -2.33. The summed E-state index contributed by atoms with van der Waals surface area (Å²) in [5.74, 6) is 0.350. The molecule has 0 unspecified atom stereocenters. The minimum atomic E-state index is -0.273. The molecule has 1 saturated carbocycles. The van der Waals surface area contributed by atoms with Crippen molar-refractivity contribution < 1.29 is 4.79 Å². The summed E-state index contributed by atoms with van der Waals surface area (Å²) in [5, 5.41) is 4.12. The highest BCUT2D eigenvalue weighted by Crippen LogP contribution is 2.30. The number of fused-ring (bicyclic) bond motifs is 1. The maximum Gasteiger partial charge on any atom is 0.263 e. The lowest BCUT2D eigenvalue weighted by atomic mass is 10.2. The van der Waals surface area contributed by atoms with Crippen LogP contribution in [-0.2, 0) is 11.3 Å². The summed E-state index contributed by atoms with van der Waals surface area (Å²) in [6, 6.07) is 0.339. The summed E-state index contributed by atoms with van der Waals surface area (Å²) in [5.41, 5.74) is 1.03. The number of carbonyl (C=O) groups is 1. The van der Waals surface area contributed by atoms with Gasteiger partial charge in [-0.3, -0.25) is 14.2 Å². The van der Waals surface area contributed by atoms with Crippen LogP contribution in [0.2, 0.25) is 0 Å². The number of nitrogens with one attached hydrogen (secondary N) is 1. The van der Waals surface area contributed by atoms with Gasteiger partial charge in [0.2, 0.25) is 5.91 Å². The molecule has 0 saturated heterocycles. The number of aromatic nitrogens is 2. The summed E-state index contributed by atoms with van der Waals surface area (Å²) in [6.45, 7) is 10.7. The molecule has 7 heteroatoms. The molecule has 0 aliphatic heterocycles. The Morgan fingerprint density at radius 2 is 2.04 bits per heavy atom. The molecule has 1 aliphatic rings. The summed E-state index contributed by atoms with van der Waals surface area (Å²) >= 11 is 2.93. The number of thiophene rings is 1. The van der Waals surface area contributed by atoms with Crippen LogP contribution in [0.3, 0.4) is 0 Å². The second kappa shape index (κ2) is 7.11. The lowest BCUT2D eigenvalue weighted by Gasteiger charge is -2.17. The number of nitrogens with zero attached hydrogens (tertiary/aromatic N) is 2. The first kappa shape index (κ1) is 18.5. The fourth-order valence-corrected chi connectivity index (χ4v) is 4.68. The zero-order chi connectivity index (χ0) is 18.3. The summed E-state index contributed by atoms with van der Waals surface area (Å²) in [6.07, 6.45) is 2.14. The van der Waals surface area contributed by atoms with Gasteiger partial charge in [0.15, 0.2) is 5.16 Å². The third-order valence-corrected chi connectivity index (χ3v) is 6.57. The Balaban J connectivity index is 1.99. The van der Waals surface area contributed by atoms with Gasteiger partial charge in [-0.05, 0) is 45.1 Å². The molecule has 0 radical (unpaired) electrons. The highest BCUT2D eigenvalue weighted by atomic mass is 32.2. The summed E-state index contributed by atoms with van der Waals surface area (Å²) < 4.78 is 1.75. The van der Waals surface area contributed by atoms with Crippen molar-refractivity contribution in [1.29, 1.82) is 0 Å². The minimum Gasteiger partial charge on any atom is -0.352 e. The van der Waals surface area contributed by atoms with Crippen LogP contribution in [0, 0.1) is 19.8 Å². The maximum atomic E-state index is 13.1. The van der Waals surface area contributed by atoms with Crippen molar-refractivity contribution in [3.63, 3.8) is 0 Å². The van der Waals surface area contributed by atoms with E-state index in [0.29, 0.717) is 23.7 Å². The van der Waals surface area contributed by atoms with Crippen LogP contribution in [0.15, 0.2) is 9.95 Å². The molecule has 0 aromatic carbocycles. The largest absolute Gasteiger partial charge is 0.352 e. The molecule has 2 aromatic rings. The molecular formula is C18H25N3O2S2. The average molecular weight is 380 g/mol. The Labute approximate surface area is 156 Å². The molecule has 5 nitrogen and oxygen atoms in total. The maximum absolute atomic E-state index is 13.1. The van der Waals surface area contributed by atoms with E-state index in [9.17, 15) is 9.59 Å². The smallest absolute Gasteiger partial charge is 0.263 e. The van der Waals surface area contributed by atoms with Gasteiger partial charge in [-0.1, -0.05) is 25.6 Å². The molecule has 1 N–H and O–H groups in total. The van der Waals surface area contributed by atoms with E-state index in [1.807, 2.05) is 20.8 Å². The lowest BCUT2D eigenvalue weighted by molar-refractivity contribution is -0.120. The molecule has 1 amide bonds. The highest BCUT2D eigenvalue weighted by molar-refractivity contribution is 8.00. The van der Waals surface area contributed by atoms with Crippen LogP contribution in [0.25, 0.3) is 10.2 Å². The Bertz CT molecular complexity index is 865. The molecule has 0 spiro atoms. The van der Waals surface area contributed by atoms with Crippen molar-refractivity contribution in [3.8, 4) is 0 Å². The van der Waals surface area contributed by atoms with Crippen LogP contribution in [-0.4, -0.2) is 26.8 Å².